The molecule has 174 valence electrons. The standard InChI is InChI=1S/C24H21ClN4O5/c25-19-13-20-23(27-22(19)15-1-3-16(4-2-15)29-9-11-32-12-10-29)28-24(26-20)34-18-7-5-17(6-8-18)33-14-21(30)31/h1-8,13H,9-12,14H2,(H,30,31)(H,26,27,28). The molecule has 0 radical (unpaired) electrons. The van der Waals surface area contributed by atoms with Crippen LogP contribution in [0.5, 0.6) is 17.5 Å². The van der Waals surface area contributed by atoms with E-state index in [0.29, 0.717) is 33.4 Å². The van der Waals surface area contributed by atoms with Gasteiger partial charge in [-0.15, -0.1) is 0 Å². The van der Waals surface area contributed by atoms with E-state index in [0.717, 1.165) is 37.6 Å². The van der Waals surface area contributed by atoms with Gasteiger partial charge in [0.1, 0.15) is 11.5 Å². The lowest BCUT2D eigenvalue weighted by atomic mass is 10.1. The molecule has 0 aliphatic carbocycles. The maximum Gasteiger partial charge on any atom is 0.341 e. The van der Waals surface area contributed by atoms with Crippen molar-refractivity contribution in [3.63, 3.8) is 0 Å². The van der Waals surface area contributed by atoms with Crippen LogP contribution in [0.2, 0.25) is 5.02 Å². The highest BCUT2D eigenvalue weighted by Crippen LogP contribution is 2.32. The van der Waals surface area contributed by atoms with Crippen LogP contribution in [0.15, 0.2) is 54.6 Å². The lowest BCUT2D eigenvalue weighted by Gasteiger charge is -2.28. The number of anilines is 1. The number of hydrogen-bond acceptors (Lipinski definition) is 7. The van der Waals surface area contributed by atoms with Crippen molar-refractivity contribution in [2.75, 3.05) is 37.8 Å². The number of H-pyrrole nitrogens is 1. The van der Waals surface area contributed by atoms with E-state index < -0.39 is 12.6 Å². The largest absolute Gasteiger partial charge is 0.482 e. The van der Waals surface area contributed by atoms with E-state index in [1.165, 1.54) is 0 Å². The molecule has 2 aromatic carbocycles. The number of nitrogens with one attached hydrogen (secondary N) is 1. The quantitative estimate of drug-likeness (QED) is 0.401. The molecule has 3 heterocycles. The average molecular weight is 481 g/mol. The summed E-state index contributed by atoms with van der Waals surface area (Å²) in [5.41, 5.74) is 3.80. The highest BCUT2D eigenvalue weighted by molar-refractivity contribution is 6.33. The summed E-state index contributed by atoms with van der Waals surface area (Å²) in [6.45, 7) is 2.81. The number of rotatable bonds is 7. The minimum Gasteiger partial charge on any atom is -0.482 e. The van der Waals surface area contributed by atoms with Gasteiger partial charge < -0.3 is 29.2 Å². The summed E-state index contributed by atoms with van der Waals surface area (Å²) in [6.07, 6.45) is 0. The van der Waals surface area contributed by atoms with Crippen LogP contribution in [0.1, 0.15) is 0 Å². The first kappa shape index (κ1) is 22.0. The van der Waals surface area contributed by atoms with Gasteiger partial charge in [-0.2, -0.15) is 4.98 Å². The van der Waals surface area contributed by atoms with Crippen LogP contribution in [-0.2, 0) is 9.53 Å². The number of morpholine rings is 1. The normalized spacial score (nSPS) is 13.7. The number of imidazole rings is 1. The summed E-state index contributed by atoms with van der Waals surface area (Å²) in [6, 6.07) is 16.7. The first-order chi connectivity index (χ1) is 16.5. The number of benzene rings is 2. The Morgan fingerprint density at radius 1 is 1.06 bits per heavy atom. The van der Waals surface area contributed by atoms with Gasteiger partial charge in [0.2, 0.25) is 0 Å². The first-order valence-electron chi connectivity index (χ1n) is 10.7. The van der Waals surface area contributed by atoms with Gasteiger partial charge >= 0.3 is 12.0 Å². The summed E-state index contributed by atoms with van der Waals surface area (Å²) in [7, 11) is 0. The van der Waals surface area contributed by atoms with E-state index in [-0.39, 0.29) is 6.01 Å². The number of carboxylic acid groups (broad SMARTS) is 1. The molecule has 4 aromatic rings. The van der Waals surface area contributed by atoms with E-state index in [9.17, 15) is 4.79 Å². The molecule has 0 spiro atoms. The van der Waals surface area contributed by atoms with Crippen LogP contribution in [-0.4, -0.2) is 58.9 Å². The molecular formula is C24H21ClN4O5. The summed E-state index contributed by atoms with van der Waals surface area (Å²) in [5.74, 6) is -0.106. The zero-order valence-corrected chi connectivity index (χ0v) is 18.8. The Morgan fingerprint density at radius 2 is 1.76 bits per heavy atom. The van der Waals surface area contributed by atoms with Crippen LogP contribution >= 0.6 is 11.6 Å². The van der Waals surface area contributed by atoms with Crippen molar-refractivity contribution < 1.29 is 24.1 Å². The maximum absolute atomic E-state index is 10.6. The van der Waals surface area contributed by atoms with Crippen molar-refractivity contribution in [2.24, 2.45) is 0 Å². The molecule has 9 nitrogen and oxygen atoms in total. The number of aliphatic carboxylic acids is 1. The molecule has 5 rings (SSSR count). The third kappa shape index (κ3) is 4.90. The van der Waals surface area contributed by atoms with Crippen molar-refractivity contribution in [1.29, 1.82) is 0 Å². The van der Waals surface area contributed by atoms with Gasteiger partial charge in [-0.1, -0.05) is 23.7 Å². The SMILES string of the molecule is O=C(O)COc1ccc(Oc2nc3nc(-c4ccc(N5CCOCC5)cc4)c(Cl)cc3[nH]2)cc1. The number of fused-ring (bicyclic) bond motifs is 1. The maximum atomic E-state index is 10.6. The van der Waals surface area contributed by atoms with Crippen molar-refractivity contribution in [2.45, 2.75) is 0 Å². The number of halogens is 1. The van der Waals surface area contributed by atoms with Gasteiger partial charge in [-0.25, -0.2) is 9.78 Å². The van der Waals surface area contributed by atoms with E-state index >= 15 is 0 Å². The molecule has 1 fully saturated rings. The number of aromatic nitrogens is 3. The predicted octanol–water partition coefficient (Wildman–Crippen LogP) is 4.37. The highest BCUT2D eigenvalue weighted by Gasteiger charge is 2.15. The molecule has 0 bridgehead atoms. The smallest absolute Gasteiger partial charge is 0.341 e. The highest BCUT2D eigenvalue weighted by atomic mass is 35.5. The van der Waals surface area contributed by atoms with E-state index in [1.807, 2.05) is 12.1 Å². The van der Waals surface area contributed by atoms with Gasteiger partial charge in [0.05, 0.1) is 29.4 Å². The molecule has 34 heavy (non-hydrogen) atoms. The second-order valence-electron chi connectivity index (χ2n) is 7.63. The molecule has 0 saturated carbocycles. The average Bonchev–Trinajstić information content (AvgIpc) is 3.24. The Kier molecular flexibility index (Phi) is 6.20. The molecule has 1 aliphatic heterocycles. The summed E-state index contributed by atoms with van der Waals surface area (Å²) in [5, 5.41) is 9.19. The zero-order chi connectivity index (χ0) is 23.5. The van der Waals surface area contributed by atoms with Crippen LogP contribution in [0, 0.1) is 0 Å². The number of hydrogen-bond donors (Lipinski definition) is 2. The predicted molar refractivity (Wildman–Crippen MR) is 127 cm³/mol. The topological polar surface area (TPSA) is 110 Å². The molecule has 0 amide bonds. The fourth-order valence-corrected chi connectivity index (χ4v) is 3.92. The number of ether oxygens (including phenoxy) is 3. The Hall–Kier alpha value is -3.82. The number of carboxylic acids is 1. The molecule has 0 unspecified atom stereocenters. The van der Waals surface area contributed by atoms with E-state index in [2.05, 4.69) is 32.0 Å². The van der Waals surface area contributed by atoms with Crippen LogP contribution in [0.4, 0.5) is 5.69 Å². The van der Waals surface area contributed by atoms with E-state index in [1.54, 1.807) is 30.3 Å². The molecule has 1 saturated heterocycles. The molecule has 2 aromatic heterocycles. The Morgan fingerprint density at radius 3 is 2.47 bits per heavy atom. The fourth-order valence-electron chi connectivity index (χ4n) is 3.66. The third-order valence-electron chi connectivity index (χ3n) is 5.32. The summed E-state index contributed by atoms with van der Waals surface area (Å²) < 4.78 is 16.3. The van der Waals surface area contributed by atoms with Crippen molar-refractivity contribution in [3.05, 3.63) is 59.6 Å². The monoisotopic (exact) mass is 480 g/mol. The van der Waals surface area contributed by atoms with Gasteiger partial charge in [-0.3, -0.25) is 0 Å². The molecule has 2 N–H and O–H groups in total. The number of aromatic amines is 1. The Labute approximate surface area is 199 Å². The first-order valence-corrected chi connectivity index (χ1v) is 11.0. The Bertz CT molecular complexity index is 1300. The zero-order valence-electron chi connectivity index (χ0n) is 18.0. The van der Waals surface area contributed by atoms with Gasteiger partial charge in [0.15, 0.2) is 12.3 Å². The number of nitrogens with zero attached hydrogens (tertiary/aromatic N) is 3. The second kappa shape index (κ2) is 9.58. The van der Waals surface area contributed by atoms with Crippen molar-refractivity contribution in [3.8, 4) is 28.8 Å². The third-order valence-corrected chi connectivity index (χ3v) is 5.61. The van der Waals surface area contributed by atoms with Crippen LogP contribution in [0.25, 0.3) is 22.4 Å². The second-order valence-corrected chi connectivity index (χ2v) is 8.04. The fraction of sp³-hybridized carbons (Fsp3) is 0.208. The van der Waals surface area contributed by atoms with Crippen LogP contribution in [0.3, 0.4) is 0 Å². The minimum atomic E-state index is -1.04. The lowest BCUT2D eigenvalue weighted by molar-refractivity contribution is -0.139. The van der Waals surface area contributed by atoms with Gasteiger partial charge in [0, 0.05) is 24.3 Å². The summed E-state index contributed by atoms with van der Waals surface area (Å²) >= 11 is 6.53. The van der Waals surface area contributed by atoms with E-state index in [4.69, 9.17) is 30.9 Å². The van der Waals surface area contributed by atoms with Crippen molar-refractivity contribution in [1.82, 2.24) is 15.0 Å². The number of pyridine rings is 1. The van der Waals surface area contributed by atoms with Crippen LogP contribution < -0.4 is 14.4 Å². The molecule has 1 aliphatic rings. The van der Waals surface area contributed by atoms with Gasteiger partial charge in [0.25, 0.3) is 0 Å². The van der Waals surface area contributed by atoms with Crippen molar-refractivity contribution >= 4 is 34.4 Å². The Balaban J connectivity index is 1.33. The molecule has 0 atom stereocenters. The summed E-state index contributed by atoms with van der Waals surface area (Å²) in [4.78, 5) is 25.0. The molecule has 10 heteroatoms. The lowest BCUT2D eigenvalue weighted by Crippen LogP contribution is -2.36. The number of carbonyl (C=O) groups is 1. The van der Waals surface area contributed by atoms with Gasteiger partial charge in [-0.05, 0) is 42.5 Å². The minimum absolute atomic E-state index is 0.262. The molecular weight excluding hydrogens is 460 g/mol.